The number of hydrogen-bond acceptors (Lipinski definition) is 3. The number of aryl methyl sites for hydroxylation is 1. The second kappa shape index (κ2) is 7.32. The van der Waals surface area contributed by atoms with Crippen molar-refractivity contribution in [2.75, 3.05) is 0 Å². The Balaban J connectivity index is 0.000000331. The summed E-state index contributed by atoms with van der Waals surface area (Å²) in [5, 5.41) is 0. The molecule has 0 saturated carbocycles. The van der Waals surface area contributed by atoms with Crippen molar-refractivity contribution in [1.29, 1.82) is 0 Å². The fraction of sp³-hybridized carbons (Fsp3) is 0.500. The van der Waals surface area contributed by atoms with E-state index in [2.05, 4.69) is 18.0 Å². The highest BCUT2D eigenvalue weighted by molar-refractivity contribution is 7.86. The molecule has 0 unspecified atom stereocenters. The smallest absolute Gasteiger partial charge is 0.279 e. The first-order chi connectivity index (χ1) is 8.18. The molecular formula is C10H14F3NO3S. The Hall–Kier alpha value is -1.15. The molecular weight excluding hydrogens is 271 g/mol. The summed E-state index contributed by atoms with van der Waals surface area (Å²) >= 11 is 0. The molecule has 0 aromatic carbocycles. The van der Waals surface area contributed by atoms with Gasteiger partial charge in [0, 0.05) is 12.4 Å². The topological polar surface area (TPSA) is 67.3 Å². The van der Waals surface area contributed by atoms with Gasteiger partial charge < -0.3 is 0 Å². The standard InChI is InChI=1S/C9H13N.CHF3O3S/c1-2-3-5-9-6-4-7-10-8-9;2-1(3,4)8(5,6)7/h4,6-8H,2-3,5H2,1H3;(H,5,6,7). The molecule has 1 rings (SSSR count). The molecule has 1 aromatic rings. The van der Waals surface area contributed by atoms with Crippen molar-refractivity contribution in [3.05, 3.63) is 30.1 Å². The van der Waals surface area contributed by atoms with Crippen LogP contribution in [0.3, 0.4) is 0 Å². The predicted molar refractivity (Wildman–Crippen MR) is 60.5 cm³/mol. The van der Waals surface area contributed by atoms with E-state index in [9.17, 15) is 13.2 Å². The van der Waals surface area contributed by atoms with Crippen LogP contribution >= 0.6 is 0 Å². The monoisotopic (exact) mass is 285 g/mol. The van der Waals surface area contributed by atoms with Crippen LogP contribution in [0.1, 0.15) is 25.3 Å². The number of pyridine rings is 1. The second-order valence-corrected chi connectivity index (χ2v) is 4.80. The third-order valence-electron chi connectivity index (χ3n) is 1.83. The lowest BCUT2D eigenvalue weighted by molar-refractivity contribution is -0.0510. The average molecular weight is 285 g/mol. The molecule has 0 radical (unpaired) electrons. The third-order valence-corrected chi connectivity index (χ3v) is 2.42. The molecule has 0 aliphatic rings. The zero-order chi connectivity index (χ0) is 14.2. The van der Waals surface area contributed by atoms with Crippen LogP contribution in [0.5, 0.6) is 0 Å². The molecule has 0 fully saturated rings. The van der Waals surface area contributed by atoms with Crippen molar-refractivity contribution in [3.63, 3.8) is 0 Å². The molecule has 0 aliphatic heterocycles. The lowest BCUT2D eigenvalue weighted by atomic mass is 10.1. The molecule has 104 valence electrons. The third kappa shape index (κ3) is 7.23. The van der Waals surface area contributed by atoms with Crippen molar-refractivity contribution in [2.45, 2.75) is 31.7 Å². The molecule has 0 atom stereocenters. The number of alkyl halides is 3. The highest BCUT2D eigenvalue weighted by Crippen LogP contribution is 2.20. The van der Waals surface area contributed by atoms with Crippen LogP contribution in [0.4, 0.5) is 13.2 Å². The van der Waals surface area contributed by atoms with Gasteiger partial charge in [0.15, 0.2) is 0 Å². The van der Waals surface area contributed by atoms with Crippen molar-refractivity contribution in [2.24, 2.45) is 0 Å². The Labute approximate surface area is 104 Å². The van der Waals surface area contributed by atoms with Gasteiger partial charge in [-0.2, -0.15) is 21.6 Å². The minimum atomic E-state index is -5.84. The van der Waals surface area contributed by atoms with E-state index in [1.54, 1.807) is 0 Å². The number of halogens is 3. The van der Waals surface area contributed by atoms with Gasteiger partial charge in [0.25, 0.3) is 0 Å². The summed E-state index contributed by atoms with van der Waals surface area (Å²) in [4.78, 5) is 4.04. The molecule has 0 amide bonds. The maximum Gasteiger partial charge on any atom is 0.522 e. The Morgan fingerprint density at radius 2 is 1.94 bits per heavy atom. The van der Waals surface area contributed by atoms with Crippen LogP contribution in [0.15, 0.2) is 24.5 Å². The Bertz CT molecular complexity index is 431. The van der Waals surface area contributed by atoms with Crippen LogP contribution in [0, 0.1) is 0 Å². The van der Waals surface area contributed by atoms with E-state index in [-0.39, 0.29) is 0 Å². The van der Waals surface area contributed by atoms with E-state index in [1.165, 1.54) is 24.8 Å². The van der Waals surface area contributed by atoms with Crippen molar-refractivity contribution in [1.82, 2.24) is 4.98 Å². The van der Waals surface area contributed by atoms with E-state index >= 15 is 0 Å². The van der Waals surface area contributed by atoms with Gasteiger partial charge in [-0.1, -0.05) is 19.4 Å². The highest BCUT2D eigenvalue weighted by Gasteiger charge is 2.44. The zero-order valence-corrected chi connectivity index (χ0v) is 10.5. The maximum atomic E-state index is 10.7. The Kier molecular flexibility index (Phi) is 6.85. The van der Waals surface area contributed by atoms with Crippen molar-refractivity contribution >= 4 is 10.1 Å². The lowest BCUT2D eigenvalue weighted by Gasteiger charge is -1.97. The Morgan fingerprint density at radius 3 is 2.28 bits per heavy atom. The fourth-order valence-electron chi connectivity index (χ4n) is 0.927. The molecule has 0 aliphatic carbocycles. The van der Waals surface area contributed by atoms with Gasteiger partial charge in [-0.3, -0.25) is 9.54 Å². The summed E-state index contributed by atoms with van der Waals surface area (Å²) in [5.41, 5.74) is -4.18. The summed E-state index contributed by atoms with van der Waals surface area (Å²) in [7, 11) is -5.84. The van der Waals surface area contributed by atoms with Gasteiger partial charge in [0.2, 0.25) is 0 Å². The normalized spacial score (nSPS) is 11.6. The van der Waals surface area contributed by atoms with E-state index in [0.717, 1.165) is 0 Å². The predicted octanol–water partition coefficient (Wildman–Crippen LogP) is 2.82. The molecule has 4 nitrogen and oxygen atoms in total. The number of nitrogens with zero attached hydrogens (tertiary/aromatic N) is 1. The highest BCUT2D eigenvalue weighted by atomic mass is 32.2. The van der Waals surface area contributed by atoms with E-state index in [0.29, 0.717) is 0 Å². The van der Waals surface area contributed by atoms with Gasteiger partial charge in [0.05, 0.1) is 0 Å². The van der Waals surface area contributed by atoms with Crippen molar-refractivity contribution < 1.29 is 26.1 Å². The molecule has 8 heteroatoms. The summed E-state index contributed by atoms with van der Waals surface area (Å²) in [5.74, 6) is 0. The number of aromatic nitrogens is 1. The molecule has 0 spiro atoms. The van der Waals surface area contributed by atoms with Crippen LogP contribution in [0.2, 0.25) is 0 Å². The Morgan fingerprint density at radius 1 is 1.39 bits per heavy atom. The molecule has 18 heavy (non-hydrogen) atoms. The SMILES string of the molecule is CCCCc1cccnc1.O=S(=O)(O)C(F)(F)F. The zero-order valence-electron chi connectivity index (χ0n) is 9.68. The quantitative estimate of drug-likeness (QED) is 0.685. The van der Waals surface area contributed by atoms with Crippen LogP contribution in [0.25, 0.3) is 0 Å². The van der Waals surface area contributed by atoms with Gasteiger partial charge in [-0.05, 0) is 24.5 Å². The van der Waals surface area contributed by atoms with Gasteiger partial charge >= 0.3 is 15.6 Å². The number of hydrogen-bond donors (Lipinski definition) is 1. The maximum absolute atomic E-state index is 10.7. The van der Waals surface area contributed by atoms with E-state index < -0.39 is 15.6 Å². The van der Waals surface area contributed by atoms with Crippen LogP contribution in [-0.2, 0) is 16.5 Å². The van der Waals surface area contributed by atoms with Crippen LogP contribution < -0.4 is 0 Å². The first-order valence-electron chi connectivity index (χ1n) is 5.11. The molecule has 0 bridgehead atoms. The summed E-state index contributed by atoms with van der Waals surface area (Å²) in [6, 6.07) is 4.12. The average Bonchev–Trinajstić information content (AvgIpc) is 2.26. The van der Waals surface area contributed by atoms with Gasteiger partial charge in [-0.25, -0.2) is 0 Å². The minimum Gasteiger partial charge on any atom is -0.279 e. The molecule has 1 heterocycles. The number of rotatable bonds is 3. The minimum absolute atomic E-state index is 1.17. The van der Waals surface area contributed by atoms with E-state index in [1.807, 2.05) is 18.5 Å². The van der Waals surface area contributed by atoms with Crippen molar-refractivity contribution in [3.8, 4) is 0 Å². The van der Waals surface area contributed by atoms with Crippen LogP contribution in [-0.4, -0.2) is 23.5 Å². The second-order valence-electron chi connectivity index (χ2n) is 3.39. The molecule has 1 aromatic heterocycles. The summed E-state index contributed by atoms with van der Waals surface area (Å²) in [6.07, 6.45) is 7.45. The molecule has 0 saturated heterocycles. The lowest BCUT2D eigenvalue weighted by Crippen LogP contribution is -2.21. The van der Waals surface area contributed by atoms with Gasteiger partial charge in [0.1, 0.15) is 0 Å². The largest absolute Gasteiger partial charge is 0.522 e. The molecule has 1 N–H and O–H groups in total. The van der Waals surface area contributed by atoms with E-state index in [4.69, 9.17) is 13.0 Å². The van der Waals surface area contributed by atoms with Gasteiger partial charge in [-0.15, -0.1) is 0 Å². The summed E-state index contributed by atoms with van der Waals surface area (Å²) < 4.78 is 57.5. The first kappa shape index (κ1) is 16.9. The summed E-state index contributed by atoms with van der Waals surface area (Å²) in [6.45, 7) is 2.20. The number of unbranched alkanes of at least 4 members (excludes halogenated alkanes) is 1. The fourth-order valence-corrected chi connectivity index (χ4v) is 0.927. The first-order valence-corrected chi connectivity index (χ1v) is 6.55.